The van der Waals surface area contributed by atoms with Crippen molar-refractivity contribution in [2.45, 2.75) is 31.7 Å². The highest BCUT2D eigenvalue weighted by Gasteiger charge is 2.30. The fourth-order valence-electron chi connectivity index (χ4n) is 2.83. The molecular formula is C16H21N3O2. The molecule has 3 N–H and O–H groups in total. The summed E-state index contributed by atoms with van der Waals surface area (Å²) >= 11 is 0. The molecule has 0 radical (unpaired) electrons. The molecule has 0 spiro atoms. The van der Waals surface area contributed by atoms with Gasteiger partial charge in [0.1, 0.15) is 0 Å². The van der Waals surface area contributed by atoms with Crippen LogP contribution in [0.1, 0.15) is 36.0 Å². The number of likely N-dealkylation sites (tertiary alicyclic amines) is 1. The maximum Gasteiger partial charge on any atom is 0.254 e. The van der Waals surface area contributed by atoms with E-state index in [1.54, 1.807) is 12.1 Å². The molecule has 1 heterocycles. The molecule has 1 saturated heterocycles. The predicted molar refractivity (Wildman–Crippen MR) is 80.9 cm³/mol. The summed E-state index contributed by atoms with van der Waals surface area (Å²) in [6.45, 7) is 1.27. The van der Waals surface area contributed by atoms with Gasteiger partial charge in [-0.15, -0.1) is 0 Å². The summed E-state index contributed by atoms with van der Waals surface area (Å²) in [6.07, 6.45) is 3.92. The largest absolute Gasteiger partial charge is 0.334 e. The Kier molecular flexibility index (Phi) is 3.92. The first-order valence-electron chi connectivity index (χ1n) is 7.61. The highest BCUT2D eigenvalue weighted by Crippen LogP contribution is 2.30. The first-order chi connectivity index (χ1) is 10.2. The van der Waals surface area contributed by atoms with Crippen molar-refractivity contribution in [3.8, 4) is 0 Å². The van der Waals surface area contributed by atoms with Gasteiger partial charge < -0.3 is 16.0 Å². The molecule has 1 aromatic carbocycles. The molecule has 1 aromatic rings. The monoisotopic (exact) mass is 287 g/mol. The Morgan fingerprint density at radius 1 is 1.29 bits per heavy atom. The van der Waals surface area contributed by atoms with Crippen molar-refractivity contribution in [1.29, 1.82) is 0 Å². The molecule has 2 aliphatic rings. The number of nitrogens with one attached hydrogen (secondary N) is 1. The third-order valence-corrected chi connectivity index (χ3v) is 4.24. The molecule has 21 heavy (non-hydrogen) atoms. The van der Waals surface area contributed by atoms with Gasteiger partial charge in [0.05, 0.1) is 0 Å². The van der Waals surface area contributed by atoms with Crippen molar-refractivity contribution in [3.05, 3.63) is 29.8 Å². The Balaban J connectivity index is 1.72. The van der Waals surface area contributed by atoms with Crippen LogP contribution in [0.4, 0.5) is 5.69 Å². The van der Waals surface area contributed by atoms with E-state index in [2.05, 4.69) is 5.32 Å². The Hall–Kier alpha value is -1.88. The van der Waals surface area contributed by atoms with Crippen molar-refractivity contribution < 1.29 is 9.59 Å². The van der Waals surface area contributed by atoms with E-state index < -0.39 is 0 Å². The van der Waals surface area contributed by atoms with Crippen molar-refractivity contribution in [2.24, 2.45) is 11.7 Å². The minimum Gasteiger partial charge on any atom is -0.334 e. The Labute approximate surface area is 124 Å². The van der Waals surface area contributed by atoms with E-state index in [1.165, 1.54) is 0 Å². The van der Waals surface area contributed by atoms with Crippen molar-refractivity contribution in [1.82, 2.24) is 4.90 Å². The van der Waals surface area contributed by atoms with Crippen LogP contribution >= 0.6 is 0 Å². The summed E-state index contributed by atoms with van der Waals surface area (Å²) in [4.78, 5) is 26.2. The zero-order valence-electron chi connectivity index (χ0n) is 12.0. The number of rotatable bonds is 4. The van der Waals surface area contributed by atoms with Crippen molar-refractivity contribution in [2.75, 3.05) is 18.4 Å². The summed E-state index contributed by atoms with van der Waals surface area (Å²) in [7, 11) is 0. The van der Waals surface area contributed by atoms with Crippen LogP contribution in [0, 0.1) is 5.92 Å². The molecule has 0 bridgehead atoms. The van der Waals surface area contributed by atoms with Gasteiger partial charge in [0.2, 0.25) is 5.91 Å². The molecular weight excluding hydrogens is 266 g/mol. The van der Waals surface area contributed by atoms with E-state index in [9.17, 15) is 9.59 Å². The number of anilines is 1. The average Bonchev–Trinajstić information content (AvgIpc) is 3.24. The molecule has 5 nitrogen and oxygen atoms in total. The molecule has 112 valence electrons. The number of nitrogens with zero attached hydrogens (tertiary/aromatic N) is 1. The molecule has 2 fully saturated rings. The van der Waals surface area contributed by atoms with E-state index >= 15 is 0 Å². The summed E-state index contributed by atoms with van der Waals surface area (Å²) in [5, 5.41) is 2.88. The van der Waals surface area contributed by atoms with Crippen LogP contribution in [0.3, 0.4) is 0 Å². The van der Waals surface area contributed by atoms with Crippen LogP contribution in [0.2, 0.25) is 0 Å². The second-order valence-electron chi connectivity index (χ2n) is 5.87. The van der Waals surface area contributed by atoms with Crippen LogP contribution in [-0.4, -0.2) is 35.8 Å². The van der Waals surface area contributed by atoms with Gasteiger partial charge in [-0.1, -0.05) is 6.07 Å². The predicted octanol–water partition coefficient (Wildman–Crippen LogP) is 1.60. The molecule has 1 saturated carbocycles. The third-order valence-electron chi connectivity index (χ3n) is 4.24. The molecule has 5 heteroatoms. The second-order valence-corrected chi connectivity index (χ2v) is 5.87. The lowest BCUT2D eigenvalue weighted by atomic mass is 10.1. The Morgan fingerprint density at radius 3 is 2.81 bits per heavy atom. The first-order valence-corrected chi connectivity index (χ1v) is 7.61. The van der Waals surface area contributed by atoms with E-state index in [0.29, 0.717) is 17.8 Å². The lowest BCUT2D eigenvalue weighted by Crippen LogP contribution is -2.39. The summed E-state index contributed by atoms with van der Waals surface area (Å²) < 4.78 is 0. The average molecular weight is 287 g/mol. The van der Waals surface area contributed by atoms with Crippen LogP contribution in [0.25, 0.3) is 0 Å². The van der Waals surface area contributed by atoms with E-state index in [-0.39, 0.29) is 23.8 Å². The normalized spacial score (nSPS) is 21.4. The zero-order valence-corrected chi connectivity index (χ0v) is 12.0. The number of carbonyl (C=O) groups excluding carboxylic acids is 2. The zero-order chi connectivity index (χ0) is 14.8. The third kappa shape index (κ3) is 3.08. The van der Waals surface area contributed by atoms with Crippen molar-refractivity contribution >= 4 is 17.5 Å². The van der Waals surface area contributed by atoms with Gasteiger partial charge in [-0.05, 0) is 43.9 Å². The van der Waals surface area contributed by atoms with Gasteiger partial charge in [-0.25, -0.2) is 0 Å². The number of benzene rings is 1. The highest BCUT2D eigenvalue weighted by atomic mass is 16.2. The van der Waals surface area contributed by atoms with Gasteiger partial charge in [0.15, 0.2) is 0 Å². The van der Waals surface area contributed by atoms with Gasteiger partial charge >= 0.3 is 0 Å². The van der Waals surface area contributed by atoms with E-state index in [1.807, 2.05) is 17.0 Å². The molecule has 1 aliphatic heterocycles. The van der Waals surface area contributed by atoms with Crippen molar-refractivity contribution in [3.63, 3.8) is 0 Å². The minimum absolute atomic E-state index is 0.00507. The lowest BCUT2D eigenvalue weighted by Gasteiger charge is -2.23. The summed E-state index contributed by atoms with van der Waals surface area (Å²) in [5.41, 5.74) is 7.04. The van der Waals surface area contributed by atoms with Gasteiger partial charge in [0.25, 0.3) is 5.91 Å². The van der Waals surface area contributed by atoms with E-state index in [4.69, 9.17) is 5.73 Å². The molecule has 1 unspecified atom stereocenters. The van der Waals surface area contributed by atoms with Gasteiger partial charge in [-0.2, -0.15) is 0 Å². The molecule has 1 aliphatic carbocycles. The smallest absolute Gasteiger partial charge is 0.254 e. The number of hydrogen-bond donors (Lipinski definition) is 2. The number of nitrogens with two attached hydrogens (primary N) is 1. The maximum absolute atomic E-state index is 12.6. The number of hydrogen-bond acceptors (Lipinski definition) is 3. The van der Waals surface area contributed by atoms with Crippen LogP contribution in [0.15, 0.2) is 24.3 Å². The van der Waals surface area contributed by atoms with Gasteiger partial charge in [0, 0.05) is 36.3 Å². The standard InChI is InChI=1S/C16H21N3O2/c17-10-14-5-2-8-19(14)16(21)12-3-1-4-13(9-12)18-15(20)11-6-7-11/h1,3-4,9,11,14H,2,5-8,10,17H2,(H,18,20). The second kappa shape index (κ2) is 5.85. The maximum atomic E-state index is 12.6. The van der Waals surface area contributed by atoms with E-state index in [0.717, 1.165) is 32.2 Å². The van der Waals surface area contributed by atoms with Crippen LogP contribution in [-0.2, 0) is 4.79 Å². The highest BCUT2D eigenvalue weighted by molar-refractivity contribution is 5.98. The lowest BCUT2D eigenvalue weighted by molar-refractivity contribution is -0.117. The van der Waals surface area contributed by atoms with Gasteiger partial charge in [-0.3, -0.25) is 9.59 Å². The fraction of sp³-hybridized carbons (Fsp3) is 0.500. The van der Waals surface area contributed by atoms with Crippen LogP contribution < -0.4 is 11.1 Å². The number of carbonyl (C=O) groups is 2. The Bertz CT molecular complexity index is 554. The fourth-order valence-corrected chi connectivity index (χ4v) is 2.83. The summed E-state index contributed by atoms with van der Waals surface area (Å²) in [5.74, 6) is 0.218. The summed E-state index contributed by atoms with van der Waals surface area (Å²) in [6, 6.07) is 7.32. The molecule has 0 aromatic heterocycles. The minimum atomic E-state index is 0.00507. The first kappa shape index (κ1) is 14.1. The topological polar surface area (TPSA) is 75.4 Å². The molecule has 1 atom stereocenters. The van der Waals surface area contributed by atoms with Crippen LogP contribution in [0.5, 0.6) is 0 Å². The quantitative estimate of drug-likeness (QED) is 0.883. The number of amides is 2. The SMILES string of the molecule is NCC1CCCN1C(=O)c1cccc(NC(=O)C2CC2)c1. The molecule has 2 amide bonds. The molecule has 3 rings (SSSR count). The Morgan fingerprint density at radius 2 is 2.10 bits per heavy atom.